The number of amides is 1. The molecule has 2 aromatic carbocycles. The highest BCUT2D eigenvalue weighted by Crippen LogP contribution is 2.29. The van der Waals surface area contributed by atoms with E-state index in [-0.39, 0.29) is 5.69 Å². The van der Waals surface area contributed by atoms with Crippen LogP contribution >= 0.6 is 0 Å². The number of carbonyl (C=O) groups is 1. The standard InChI is InChI=1S/C21H19F2N3O/c22-14-8-9-18(23)19(12-14)25-21(27)17-13-24-20(26-10-4-1-5-11-26)16-7-3-2-6-15(16)17/h2-3,6-9,12-13H,1,4-5,10-11H2,(H,25,27). The van der Waals surface area contributed by atoms with Gasteiger partial charge in [-0.15, -0.1) is 0 Å². The van der Waals surface area contributed by atoms with Crippen LogP contribution in [0.2, 0.25) is 0 Å². The Labute approximate surface area is 155 Å². The highest BCUT2D eigenvalue weighted by Gasteiger charge is 2.19. The summed E-state index contributed by atoms with van der Waals surface area (Å²) in [5.41, 5.74) is 0.138. The molecule has 4 rings (SSSR count). The minimum Gasteiger partial charge on any atom is -0.356 e. The van der Waals surface area contributed by atoms with Crippen molar-refractivity contribution in [1.29, 1.82) is 0 Å². The summed E-state index contributed by atoms with van der Waals surface area (Å²) in [6, 6.07) is 10.5. The van der Waals surface area contributed by atoms with E-state index in [4.69, 9.17) is 0 Å². The molecule has 2 heterocycles. The second-order valence-corrected chi connectivity index (χ2v) is 6.67. The Hall–Kier alpha value is -3.02. The van der Waals surface area contributed by atoms with Crippen LogP contribution in [0.1, 0.15) is 29.6 Å². The van der Waals surface area contributed by atoms with Crippen molar-refractivity contribution in [2.45, 2.75) is 19.3 Å². The van der Waals surface area contributed by atoms with Gasteiger partial charge in [-0.25, -0.2) is 13.8 Å². The summed E-state index contributed by atoms with van der Waals surface area (Å²) in [4.78, 5) is 19.5. The lowest BCUT2D eigenvalue weighted by molar-refractivity contribution is 0.102. The molecule has 1 aromatic heterocycles. The largest absolute Gasteiger partial charge is 0.356 e. The van der Waals surface area contributed by atoms with E-state index in [0.29, 0.717) is 5.56 Å². The maximum Gasteiger partial charge on any atom is 0.257 e. The maximum absolute atomic E-state index is 13.9. The van der Waals surface area contributed by atoms with Crippen molar-refractivity contribution in [3.8, 4) is 0 Å². The van der Waals surface area contributed by atoms with Gasteiger partial charge in [-0.1, -0.05) is 24.3 Å². The molecular formula is C21H19F2N3O. The zero-order valence-electron chi connectivity index (χ0n) is 14.7. The summed E-state index contributed by atoms with van der Waals surface area (Å²) in [7, 11) is 0. The quantitative estimate of drug-likeness (QED) is 0.726. The van der Waals surface area contributed by atoms with Crippen LogP contribution in [-0.4, -0.2) is 24.0 Å². The van der Waals surface area contributed by atoms with Crippen LogP contribution in [0.15, 0.2) is 48.7 Å². The van der Waals surface area contributed by atoms with Gasteiger partial charge in [0, 0.05) is 30.7 Å². The van der Waals surface area contributed by atoms with E-state index in [1.165, 1.54) is 12.6 Å². The molecule has 1 saturated heterocycles. The van der Waals surface area contributed by atoms with E-state index in [9.17, 15) is 13.6 Å². The fourth-order valence-corrected chi connectivity index (χ4v) is 3.50. The number of anilines is 2. The lowest BCUT2D eigenvalue weighted by Crippen LogP contribution is -2.30. The molecule has 0 saturated carbocycles. The van der Waals surface area contributed by atoms with E-state index in [0.717, 1.165) is 60.7 Å². The van der Waals surface area contributed by atoms with Gasteiger partial charge in [0.2, 0.25) is 0 Å². The third-order valence-corrected chi connectivity index (χ3v) is 4.85. The van der Waals surface area contributed by atoms with Crippen LogP contribution < -0.4 is 10.2 Å². The van der Waals surface area contributed by atoms with Crippen LogP contribution in [0.4, 0.5) is 20.3 Å². The Balaban J connectivity index is 1.72. The molecule has 0 bridgehead atoms. The Kier molecular flexibility index (Phi) is 4.71. The predicted octanol–water partition coefficient (Wildman–Crippen LogP) is 4.76. The molecule has 1 N–H and O–H groups in total. The highest BCUT2D eigenvalue weighted by atomic mass is 19.1. The number of hydrogen-bond donors (Lipinski definition) is 1. The molecule has 3 aromatic rings. The Bertz CT molecular complexity index is 1000. The van der Waals surface area contributed by atoms with Crippen molar-refractivity contribution in [1.82, 2.24) is 4.98 Å². The van der Waals surface area contributed by atoms with Gasteiger partial charge in [0.1, 0.15) is 17.5 Å². The van der Waals surface area contributed by atoms with E-state index >= 15 is 0 Å². The van der Waals surface area contributed by atoms with Gasteiger partial charge in [-0.05, 0) is 36.8 Å². The number of pyridine rings is 1. The van der Waals surface area contributed by atoms with E-state index in [1.54, 1.807) is 0 Å². The number of benzene rings is 2. The maximum atomic E-state index is 13.9. The molecule has 0 spiro atoms. The number of aromatic nitrogens is 1. The van der Waals surface area contributed by atoms with Gasteiger partial charge in [0.15, 0.2) is 0 Å². The average molecular weight is 367 g/mol. The van der Waals surface area contributed by atoms with Gasteiger partial charge >= 0.3 is 0 Å². The molecule has 138 valence electrons. The topological polar surface area (TPSA) is 45.2 Å². The zero-order valence-corrected chi connectivity index (χ0v) is 14.7. The van der Waals surface area contributed by atoms with Gasteiger partial charge < -0.3 is 10.2 Å². The summed E-state index contributed by atoms with van der Waals surface area (Å²) in [6.45, 7) is 1.88. The summed E-state index contributed by atoms with van der Waals surface area (Å²) in [6.07, 6.45) is 4.97. The van der Waals surface area contributed by atoms with Crippen molar-refractivity contribution in [2.75, 3.05) is 23.3 Å². The monoisotopic (exact) mass is 367 g/mol. The fourth-order valence-electron chi connectivity index (χ4n) is 3.50. The first-order chi connectivity index (χ1) is 13.1. The molecule has 1 fully saturated rings. The smallest absolute Gasteiger partial charge is 0.257 e. The highest BCUT2D eigenvalue weighted by molar-refractivity contribution is 6.14. The SMILES string of the molecule is O=C(Nc1cc(F)ccc1F)c1cnc(N2CCCCC2)c2ccccc12. The zero-order chi connectivity index (χ0) is 18.8. The normalized spacial score (nSPS) is 14.4. The number of piperidine rings is 1. The molecular weight excluding hydrogens is 348 g/mol. The van der Waals surface area contributed by atoms with Gasteiger partial charge in [-0.3, -0.25) is 4.79 Å². The number of fused-ring (bicyclic) bond motifs is 1. The average Bonchev–Trinajstić information content (AvgIpc) is 2.70. The number of nitrogens with zero attached hydrogens (tertiary/aromatic N) is 2. The summed E-state index contributed by atoms with van der Waals surface area (Å²) < 4.78 is 27.2. The number of halogens is 2. The van der Waals surface area contributed by atoms with Crippen LogP contribution in [0.3, 0.4) is 0 Å². The second kappa shape index (κ2) is 7.31. The molecule has 0 atom stereocenters. The lowest BCUT2D eigenvalue weighted by atomic mass is 10.0. The third kappa shape index (κ3) is 3.47. The minimum absolute atomic E-state index is 0.191. The van der Waals surface area contributed by atoms with Crippen LogP contribution in [0, 0.1) is 11.6 Å². The van der Waals surface area contributed by atoms with Gasteiger partial charge in [0.25, 0.3) is 5.91 Å². The van der Waals surface area contributed by atoms with Crippen molar-refractivity contribution in [3.05, 3.63) is 65.9 Å². The number of nitrogens with one attached hydrogen (secondary N) is 1. The van der Waals surface area contributed by atoms with Crippen molar-refractivity contribution >= 4 is 28.2 Å². The summed E-state index contributed by atoms with van der Waals surface area (Å²) in [5.74, 6) is -0.964. The molecule has 1 amide bonds. The second-order valence-electron chi connectivity index (χ2n) is 6.67. The summed E-state index contributed by atoms with van der Waals surface area (Å²) >= 11 is 0. The predicted molar refractivity (Wildman–Crippen MR) is 102 cm³/mol. The van der Waals surface area contributed by atoms with E-state index in [2.05, 4.69) is 15.2 Å². The van der Waals surface area contributed by atoms with Gasteiger partial charge in [0.05, 0.1) is 11.3 Å². The van der Waals surface area contributed by atoms with E-state index < -0.39 is 17.5 Å². The lowest BCUT2D eigenvalue weighted by Gasteiger charge is -2.29. The number of rotatable bonds is 3. The van der Waals surface area contributed by atoms with Crippen molar-refractivity contribution in [3.63, 3.8) is 0 Å². The molecule has 1 aliphatic rings. The van der Waals surface area contributed by atoms with Crippen LogP contribution in [-0.2, 0) is 0 Å². The first-order valence-corrected chi connectivity index (χ1v) is 9.02. The molecule has 0 unspecified atom stereocenters. The number of hydrogen-bond acceptors (Lipinski definition) is 3. The van der Waals surface area contributed by atoms with Crippen molar-refractivity contribution in [2.24, 2.45) is 0 Å². The minimum atomic E-state index is -0.688. The molecule has 27 heavy (non-hydrogen) atoms. The Morgan fingerprint density at radius 1 is 1.00 bits per heavy atom. The fraction of sp³-hybridized carbons (Fsp3) is 0.238. The molecule has 4 nitrogen and oxygen atoms in total. The Morgan fingerprint density at radius 3 is 2.52 bits per heavy atom. The number of carbonyl (C=O) groups excluding carboxylic acids is 1. The van der Waals surface area contributed by atoms with E-state index in [1.807, 2.05) is 24.3 Å². The van der Waals surface area contributed by atoms with Crippen molar-refractivity contribution < 1.29 is 13.6 Å². The summed E-state index contributed by atoms with van der Waals surface area (Å²) in [5, 5.41) is 4.07. The molecule has 0 radical (unpaired) electrons. The molecule has 1 aliphatic heterocycles. The van der Waals surface area contributed by atoms with Crippen LogP contribution in [0.5, 0.6) is 0 Å². The Morgan fingerprint density at radius 2 is 1.74 bits per heavy atom. The molecule has 0 aliphatic carbocycles. The molecule has 6 heteroatoms. The third-order valence-electron chi connectivity index (χ3n) is 4.85. The first-order valence-electron chi connectivity index (χ1n) is 9.02. The van der Waals surface area contributed by atoms with Gasteiger partial charge in [-0.2, -0.15) is 0 Å². The van der Waals surface area contributed by atoms with Crippen LogP contribution in [0.25, 0.3) is 10.8 Å². The first kappa shape index (κ1) is 17.4.